The average molecular weight is 264 g/mol. The van der Waals surface area contributed by atoms with Gasteiger partial charge in [-0.15, -0.1) is 0 Å². The van der Waals surface area contributed by atoms with Crippen LogP contribution in [0.4, 0.5) is 0 Å². The molecule has 1 aliphatic carbocycles. The van der Waals surface area contributed by atoms with Gasteiger partial charge in [0.1, 0.15) is 11.5 Å². The molecule has 1 fully saturated rings. The van der Waals surface area contributed by atoms with Gasteiger partial charge >= 0.3 is 0 Å². The molecule has 0 bridgehead atoms. The zero-order valence-corrected chi connectivity index (χ0v) is 12.8. The van der Waals surface area contributed by atoms with Crippen molar-refractivity contribution in [2.24, 2.45) is 17.8 Å². The molecule has 0 aromatic carbocycles. The molecule has 1 aliphatic rings. The molecule has 0 radical (unpaired) electrons. The second-order valence-electron chi connectivity index (χ2n) is 6.56. The summed E-state index contributed by atoms with van der Waals surface area (Å²) in [5.74, 6) is 4.64. The van der Waals surface area contributed by atoms with Gasteiger partial charge in [-0.25, -0.2) is 0 Å². The molecule has 2 atom stereocenters. The second kappa shape index (κ2) is 6.58. The summed E-state index contributed by atoms with van der Waals surface area (Å²) in [5.41, 5.74) is 0. The van der Waals surface area contributed by atoms with Crippen LogP contribution in [0.25, 0.3) is 0 Å². The number of nitrogens with zero attached hydrogens (tertiary/aromatic N) is 1. The lowest BCUT2D eigenvalue weighted by Gasteiger charge is -2.14. The number of furan rings is 1. The first kappa shape index (κ1) is 14.6. The van der Waals surface area contributed by atoms with E-state index in [9.17, 15) is 0 Å². The van der Waals surface area contributed by atoms with Crippen LogP contribution in [0.5, 0.6) is 0 Å². The highest BCUT2D eigenvalue weighted by Crippen LogP contribution is 2.38. The number of nitrogens with one attached hydrogen (secondary N) is 1. The number of rotatable bonds is 8. The van der Waals surface area contributed by atoms with Crippen LogP contribution in [-0.2, 0) is 13.1 Å². The minimum absolute atomic E-state index is 0.682. The van der Waals surface area contributed by atoms with Crippen molar-refractivity contribution in [2.75, 3.05) is 20.1 Å². The molecule has 1 aromatic rings. The van der Waals surface area contributed by atoms with E-state index in [-0.39, 0.29) is 0 Å². The predicted octanol–water partition coefficient (Wildman–Crippen LogP) is 3.11. The molecular weight excluding hydrogens is 236 g/mol. The molecule has 0 saturated heterocycles. The molecule has 108 valence electrons. The van der Waals surface area contributed by atoms with Crippen molar-refractivity contribution >= 4 is 0 Å². The fraction of sp³-hybridized carbons (Fsp3) is 0.750. The first-order chi connectivity index (χ1) is 9.04. The van der Waals surface area contributed by atoms with Crippen LogP contribution < -0.4 is 5.32 Å². The highest BCUT2D eigenvalue weighted by molar-refractivity contribution is 5.07. The Hall–Kier alpha value is -0.800. The summed E-state index contributed by atoms with van der Waals surface area (Å²) in [5, 5.41) is 3.41. The summed E-state index contributed by atoms with van der Waals surface area (Å²) in [6, 6.07) is 4.20. The van der Waals surface area contributed by atoms with Gasteiger partial charge in [-0.1, -0.05) is 20.8 Å². The molecule has 0 aliphatic heterocycles. The Balaban J connectivity index is 1.70. The van der Waals surface area contributed by atoms with Crippen LogP contribution >= 0.6 is 0 Å². The Labute approximate surface area is 117 Å². The Bertz CT molecular complexity index is 386. The van der Waals surface area contributed by atoms with E-state index in [1.54, 1.807) is 0 Å². The molecule has 0 amide bonds. The molecule has 2 rings (SSSR count). The van der Waals surface area contributed by atoms with E-state index >= 15 is 0 Å². The summed E-state index contributed by atoms with van der Waals surface area (Å²) in [6.07, 6.45) is 1.40. The Morgan fingerprint density at radius 1 is 1.37 bits per heavy atom. The van der Waals surface area contributed by atoms with Crippen molar-refractivity contribution in [3.63, 3.8) is 0 Å². The van der Waals surface area contributed by atoms with Crippen molar-refractivity contribution < 1.29 is 4.42 Å². The molecule has 3 heteroatoms. The van der Waals surface area contributed by atoms with E-state index in [2.05, 4.69) is 50.2 Å². The van der Waals surface area contributed by atoms with Crippen molar-refractivity contribution in [3.8, 4) is 0 Å². The molecule has 3 nitrogen and oxygen atoms in total. The molecule has 1 aromatic heterocycles. The van der Waals surface area contributed by atoms with Crippen LogP contribution in [0.2, 0.25) is 0 Å². The third-order valence-corrected chi connectivity index (χ3v) is 3.82. The molecular formula is C16H28N2O. The second-order valence-corrected chi connectivity index (χ2v) is 6.56. The van der Waals surface area contributed by atoms with Gasteiger partial charge in [0.15, 0.2) is 0 Å². The monoisotopic (exact) mass is 264 g/mol. The number of hydrogen-bond acceptors (Lipinski definition) is 3. The Kier molecular flexibility index (Phi) is 5.06. The Morgan fingerprint density at radius 3 is 2.68 bits per heavy atom. The van der Waals surface area contributed by atoms with E-state index in [0.717, 1.165) is 43.0 Å². The molecule has 19 heavy (non-hydrogen) atoms. The van der Waals surface area contributed by atoms with Crippen molar-refractivity contribution in [2.45, 2.75) is 40.3 Å². The van der Waals surface area contributed by atoms with E-state index in [0.29, 0.717) is 5.92 Å². The van der Waals surface area contributed by atoms with E-state index in [1.165, 1.54) is 13.0 Å². The first-order valence-corrected chi connectivity index (χ1v) is 7.51. The van der Waals surface area contributed by atoms with Gasteiger partial charge in [0.25, 0.3) is 0 Å². The third kappa shape index (κ3) is 5.00. The summed E-state index contributed by atoms with van der Waals surface area (Å²) >= 11 is 0. The fourth-order valence-electron chi connectivity index (χ4n) is 2.47. The first-order valence-electron chi connectivity index (χ1n) is 7.51. The summed E-state index contributed by atoms with van der Waals surface area (Å²) in [7, 11) is 2.18. The van der Waals surface area contributed by atoms with Crippen LogP contribution in [0.1, 0.15) is 38.7 Å². The Morgan fingerprint density at radius 2 is 2.05 bits per heavy atom. The predicted molar refractivity (Wildman–Crippen MR) is 78.9 cm³/mol. The average Bonchev–Trinajstić information content (AvgIpc) is 2.83. The minimum Gasteiger partial charge on any atom is -0.463 e. The summed E-state index contributed by atoms with van der Waals surface area (Å²) in [4.78, 5) is 2.37. The van der Waals surface area contributed by atoms with Crippen molar-refractivity contribution in [1.29, 1.82) is 0 Å². The standard InChI is InChI=1S/C16H28N2O/c1-12(2)8-17-9-15-5-6-16(19-15)11-18(4)10-14-7-13(14)3/h5-6,12-14,17H,7-11H2,1-4H3. The normalized spacial score (nSPS) is 22.4. The minimum atomic E-state index is 0.682. The van der Waals surface area contributed by atoms with Crippen molar-refractivity contribution in [1.82, 2.24) is 10.2 Å². The van der Waals surface area contributed by atoms with Gasteiger partial charge in [0, 0.05) is 6.54 Å². The highest BCUT2D eigenvalue weighted by atomic mass is 16.3. The van der Waals surface area contributed by atoms with Crippen LogP contribution in [-0.4, -0.2) is 25.0 Å². The van der Waals surface area contributed by atoms with Crippen LogP contribution in [0, 0.1) is 17.8 Å². The van der Waals surface area contributed by atoms with Gasteiger partial charge in [0.05, 0.1) is 13.1 Å². The molecule has 2 unspecified atom stereocenters. The SMILES string of the molecule is CC(C)CNCc1ccc(CN(C)CC2CC2C)o1. The fourth-order valence-corrected chi connectivity index (χ4v) is 2.47. The van der Waals surface area contributed by atoms with Gasteiger partial charge in [0.2, 0.25) is 0 Å². The molecule has 1 heterocycles. The largest absolute Gasteiger partial charge is 0.463 e. The lowest BCUT2D eigenvalue weighted by Crippen LogP contribution is -2.20. The smallest absolute Gasteiger partial charge is 0.118 e. The number of hydrogen-bond donors (Lipinski definition) is 1. The van der Waals surface area contributed by atoms with E-state index < -0.39 is 0 Å². The molecule has 1 N–H and O–H groups in total. The van der Waals surface area contributed by atoms with Gasteiger partial charge < -0.3 is 9.73 Å². The lowest BCUT2D eigenvalue weighted by atomic mass is 10.2. The van der Waals surface area contributed by atoms with E-state index in [1.807, 2.05) is 0 Å². The van der Waals surface area contributed by atoms with Crippen molar-refractivity contribution in [3.05, 3.63) is 23.7 Å². The zero-order valence-electron chi connectivity index (χ0n) is 12.8. The molecule has 0 spiro atoms. The zero-order chi connectivity index (χ0) is 13.8. The van der Waals surface area contributed by atoms with Gasteiger partial charge in [-0.2, -0.15) is 0 Å². The quantitative estimate of drug-likeness (QED) is 0.782. The van der Waals surface area contributed by atoms with E-state index in [4.69, 9.17) is 4.42 Å². The topological polar surface area (TPSA) is 28.4 Å². The van der Waals surface area contributed by atoms with Crippen LogP contribution in [0.15, 0.2) is 16.5 Å². The van der Waals surface area contributed by atoms with Crippen LogP contribution in [0.3, 0.4) is 0 Å². The van der Waals surface area contributed by atoms with Gasteiger partial charge in [-0.05, 0) is 49.9 Å². The maximum absolute atomic E-state index is 5.86. The summed E-state index contributed by atoms with van der Waals surface area (Å²) < 4.78 is 5.86. The van der Waals surface area contributed by atoms with Gasteiger partial charge in [-0.3, -0.25) is 4.90 Å². The third-order valence-electron chi connectivity index (χ3n) is 3.82. The molecule has 1 saturated carbocycles. The summed E-state index contributed by atoms with van der Waals surface area (Å²) in [6.45, 7) is 10.8. The highest BCUT2D eigenvalue weighted by Gasteiger charge is 2.33. The lowest BCUT2D eigenvalue weighted by molar-refractivity contribution is 0.275. The maximum Gasteiger partial charge on any atom is 0.118 e. The maximum atomic E-state index is 5.86.